The quantitative estimate of drug-likeness (QED) is 0.796. The number of hydrogen-bond acceptors (Lipinski definition) is 7. The summed E-state index contributed by atoms with van der Waals surface area (Å²) in [6.45, 7) is 4.56. The number of halogens is 3. The smallest absolute Gasteiger partial charge is 0.475 e. The number of hydrogen-bond donors (Lipinski definition) is 2. The van der Waals surface area contributed by atoms with Gasteiger partial charge in [-0.1, -0.05) is 5.16 Å². The van der Waals surface area contributed by atoms with Gasteiger partial charge in [0.05, 0.1) is 23.8 Å². The van der Waals surface area contributed by atoms with Crippen molar-refractivity contribution in [1.82, 2.24) is 20.0 Å². The Morgan fingerprint density at radius 3 is 2.37 bits per heavy atom. The van der Waals surface area contributed by atoms with Crippen LogP contribution in [0.15, 0.2) is 23.2 Å². The molecule has 2 aromatic rings. The van der Waals surface area contributed by atoms with Crippen molar-refractivity contribution in [2.24, 2.45) is 5.73 Å². The van der Waals surface area contributed by atoms with Crippen LogP contribution in [0.5, 0.6) is 0 Å². The van der Waals surface area contributed by atoms with Gasteiger partial charge < -0.3 is 15.4 Å². The normalized spacial score (nSPS) is 14.8. The number of amides is 1. The van der Waals surface area contributed by atoms with Crippen LogP contribution in [0.4, 0.5) is 13.2 Å². The van der Waals surface area contributed by atoms with E-state index in [-0.39, 0.29) is 5.69 Å². The second kappa shape index (κ2) is 8.12. The molecule has 27 heavy (non-hydrogen) atoms. The molecule has 1 fully saturated rings. The largest absolute Gasteiger partial charge is 0.490 e. The van der Waals surface area contributed by atoms with Gasteiger partial charge in [-0.15, -0.1) is 0 Å². The standard InChI is InChI=1S/C13H15N5O2.C2HF3O2/c1-8-7-20-17-12(8)9-4-18(5-9)6-10-2-16-11(3-15-10)13(14)19;3-2(4,5)1(6)7/h2-3,7,9H,4-6H2,1H3,(H2,14,19);(H,6,7). The summed E-state index contributed by atoms with van der Waals surface area (Å²) < 4.78 is 36.7. The minimum atomic E-state index is -5.08. The topological polar surface area (TPSA) is 135 Å². The number of rotatable bonds is 4. The highest BCUT2D eigenvalue weighted by Gasteiger charge is 2.38. The van der Waals surface area contributed by atoms with Crippen molar-refractivity contribution in [2.45, 2.75) is 25.6 Å². The Labute approximate surface area is 151 Å². The molecule has 0 radical (unpaired) electrons. The van der Waals surface area contributed by atoms with Crippen molar-refractivity contribution in [1.29, 1.82) is 0 Å². The zero-order chi connectivity index (χ0) is 20.2. The lowest BCUT2D eigenvalue weighted by molar-refractivity contribution is -0.192. The molecule has 1 saturated heterocycles. The number of nitrogens with zero attached hydrogens (tertiary/aromatic N) is 4. The molecular formula is C15H16F3N5O4. The molecule has 0 bridgehead atoms. The third-order valence-electron chi connectivity index (χ3n) is 3.71. The molecule has 1 amide bonds. The predicted octanol–water partition coefficient (Wildman–Crippen LogP) is 1.10. The summed E-state index contributed by atoms with van der Waals surface area (Å²) >= 11 is 0. The number of carboxylic acids is 1. The molecule has 9 nitrogen and oxygen atoms in total. The Hall–Kier alpha value is -3.02. The number of primary amides is 1. The van der Waals surface area contributed by atoms with Crippen molar-refractivity contribution >= 4 is 11.9 Å². The molecular weight excluding hydrogens is 371 g/mol. The first kappa shape index (κ1) is 20.3. The summed E-state index contributed by atoms with van der Waals surface area (Å²) in [7, 11) is 0. The van der Waals surface area contributed by atoms with Crippen LogP contribution < -0.4 is 5.73 Å². The Kier molecular flexibility index (Phi) is 6.10. The van der Waals surface area contributed by atoms with E-state index in [2.05, 4.69) is 20.0 Å². The van der Waals surface area contributed by atoms with E-state index in [1.165, 1.54) is 6.20 Å². The molecule has 3 N–H and O–H groups in total. The molecule has 0 aliphatic carbocycles. The molecule has 0 aromatic carbocycles. The van der Waals surface area contributed by atoms with Crippen LogP contribution in [0.25, 0.3) is 0 Å². The van der Waals surface area contributed by atoms with Gasteiger partial charge in [-0.3, -0.25) is 14.7 Å². The lowest BCUT2D eigenvalue weighted by atomic mass is 9.94. The molecule has 1 aliphatic heterocycles. The summed E-state index contributed by atoms with van der Waals surface area (Å²) in [5.41, 5.74) is 8.27. The van der Waals surface area contributed by atoms with Crippen molar-refractivity contribution in [3.63, 3.8) is 0 Å². The lowest BCUT2D eigenvalue weighted by Gasteiger charge is -2.38. The van der Waals surface area contributed by atoms with Crippen LogP contribution in [0.1, 0.15) is 33.4 Å². The highest BCUT2D eigenvalue weighted by molar-refractivity contribution is 5.90. The summed E-state index contributed by atoms with van der Waals surface area (Å²) in [6, 6.07) is 0. The zero-order valence-corrected chi connectivity index (χ0v) is 14.1. The number of likely N-dealkylation sites (tertiary alicyclic amines) is 1. The third kappa shape index (κ3) is 5.48. The van der Waals surface area contributed by atoms with E-state index in [1.807, 2.05) is 6.92 Å². The van der Waals surface area contributed by atoms with Crippen molar-refractivity contribution in [2.75, 3.05) is 13.1 Å². The van der Waals surface area contributed by atoms with E-state index in [0.29, 0.717) is 12.5 Å². The molecule has 0 saturated carbocycles. The highest BCUT2D eigenvalue weighted by Crippen LogP contribution is 2.28. The van der Waals surface area contributed by atoms with Gasteiger partial charge in [-0.05, 0) is 6.92 Å². The van der Waals surface area contributed by atoms with Crippen LogP contribution in [0.3, 0.4) is 0 Å². The van der Waals surface area contributed by atoms with Gasteiger partial charge in [-0.2, -0.15) is 13.2 Å². The van der Waals surface area contributed by atoms with Crippen molar-refractivity contribution < 1.29 is 32.4 Å². The summed E-state index contributed by atoms with van der Waals surface area (Å²) in [5, 5.41) is 11.2. The highest BCUT2D eigenvalue weighted by atomic mass is 19.4. The number of carbonyl (C=O) groups is 2. The zero-order valence-electron chi connectivity index (χ0n) is 14.1. The molecule has 0 atom stereocenters. The van der Waals surface area contributed by atoms with E-state index >= 15 is 0 Å². The number of aryl methyl sites for hydroxylation is 1. The first-order valence-electron chi connectivity index (χ1n) is 7.62. The predicted molar refractivity (Wildman–Crippen MR) is 83.5 cm³/mol. The fourth-order valence-corrected chi connectivity index (χ4v) is 2.36. The monoisotopic (exact) mass is 387 g/mol. The summed E-state index contributed by atoms with van der Waals surface area (Å²) in [4.78, 5) is 30.2. The van der Waals surface area contributed by atoms with Gasteiger partial charge in [0.25, 0.3) is 5.91 Å². The average molecular weight is 387 g/mol. The Morgan fingerprint density at radius 1 is 1.33 bits per heavy atom. The first-order valence-corrected chi connectivity index (χ1v) is 7.62. The van der Waals surface area contributed by atoms with Crippen LogP contribution in [-0.4, -0.2) is 56.3 Å². The SMILES string of the molecule is Cc1conc1C1CN(Cc2cnc(C(N)=O)cn2)C1.O=C(O)C(F)(F)F. The number of carbonyl (C=O) groups excluding carboxylic acids is 1. The Bertz CT molecular complexity index is 801. The second-order valence-electron chi connectivity index (χ2n) is 5.83. The van der Waals surface area contributed by atoms with E-state index < -0.39 is 18.1 Å². The van der Waals surface area contributed by atoms with Gasteiger partial charge >= 0.3 is 12.1 Å². The average Bonchev–Trinajstić information content (AvgIpc) is 2.96. The molecule has 146 valence electrons. The number of nitrogens with two attached hydrogens (primary N) is 1. The molecule has 3 heterocycles. The van der Waals surface area contributed by atoms with Crippen LogP contribution in [-0.2, 0) is 11.3 Å². The van der Waals surface area contributed by atoms with E-state index in [4.69, 9.17) is 20.2 Å². The summed E-state index contributed by atoms with van der Waals surface area (Å²) in [5.74, 6) is -2.89. The fourth-order valence-electron chi connectivity index (χ4n) is 2.36. The first-order chi connectivity index (χ1) is 12.6. The number of aromatic nitrogens is 3. The number of alkyl halides is 3. The maximum Gasteiger partial charge on any atom is 0.490 e. The van der Waals surface area contributed by atoms with Crippen LogP contribution in [0.2, 0.25) is 0 Å². The minimum absolute atomic E-state index is 0.188. The van der Waals surface area contributed by atoms with E-state index in [0.717, 1.165) is 30.0 Å². The van der Waals surface area contributed by atoms with Crippen LogP contribution in [0, 0.1) is 6.92 Å². The van der Waals surface area contributed by atoms with Gasteiger partial charge in [0.1, 0.15) is 12.0 Å². The molecule has 0 spiro atoms. The lowest BCUT2D eigenvalue weighted by Crippen LogP contribution is -2.44. The number of carboxylic acid groups (broad SMARTS) is 1. The third-order valence-corrected chi connectivity index (χ3v) is 3.71. The molecule has 2 aromatic heterocycles. The van der Waals surface area contributed by atoms with Gasteiger partial charge in [0.2, 0.25) is 0 Å². The molecule has 1 aliphatic rings. The van der Waals surface area contributed by atoms with Gasteiger partial charge in [0.15, 0.2) is 0 Å². The van der Waals surface area contributed by atoms with Crippen molar-refractivity contribution in [3.05, 3.63) is 41.3 Å². The Balaban J connectivity index is 0.000000321. The fraction of sp³-hybridized carbons (Fsp3) is 0.400. The molecule has 12 heteroatoms. The maximum atomic E-state index is 10.9. The maximum absolute atomic E-state index is 10.9. The van der Waals surface area contributed by atoms with Crippen molar-refractivity contribution in [3.8, 4) is 0 Å². The van der Waals surface area contributed by atoms with E-state index in [9.17, 15) is 18.0 Å². The molecule has 0 unspecified atom stereocenters. The Morgan fingerprint density at radius 2 is 1.96 bits per heavy atom. The van der Waals surface area contributed by atoms with Crippen LogP contribution >= 0.6 is 0 Å². The van der Waals surface area contributed by atoms with Gasteiger partial charge in [0, 0.05) is 31.1 Å². The van der Waals surface area contributed by atoms with E-state index in [1.54, 1.807) is 12.5 Å². The minimum Gasteiger partial charge on any atom is -0.475 e. The number of aliphatic carboxylic acids is 1. The van der Waals surface area contributed by atoms with Gasteiger partial charge in [-0.25, -0.2) is 9.78 Å². The summed E-state index contributed by atoms with van der Waals surface area (Å²) in [6.07, 6.45) is -0.405. The molecule has 3 rings (SSSR count). The second-order valence-corrected chi connectivity index (χ2v) is 5.83.